The summed E-state index contributed by atoms with van der Waals surface area (Å²) in [7, 11) is 0. The molecule has 0 radical (unpaired) electrons. The summed E-state index contributed by atoms with van der Waals surface area (Å²) in [4.78, 5) is 30.8. The lowest BCUT2D eigenvalue weighted by atomic mass is 10.2. The van der Waals surface area contributed by atoms with Crippen LogP contribution in [0, 0.1) is 13.8 Å². The van der Waals surface area contributed by atoms with Crippen molar-refractivity contribution >= 4 is 39.2 Å². The number of rotatable bonds is 8. The van der Waals surface area contributed by atoms with Gasteiger partial charge in [0.1, 0.15) is 4.83 Å². The van der Waals surface area contributed by atoms with Gasteiger partial charge in [-0.3, -0.25) is 14.2 Å². The fourth-order valence-corrected chi connectivity index (χ4v) is 4.24. The molecule has 0 bridgehead atoms. The molecule has 6 nitrogen and oxygen atoms in total. The number of carbonyl (C=O) groups excluding carboxylic acids is 1. The van der Waals surface area contributed by atoms with Gasteiger partial charge >= 0.3 is 0 Å². The minimum absolute atomic E-state index is 0.0579. The van der Waals surface area contributed by atoms with E-state index in [0.717, 1.165) is 15.3 Å². The smallest absolute Gasteiger partial charge is 0.263 e. The number of aromatic nitrogens is 2. The maximum absolute atomic E-state index is 13.0. The molecule has 0 fully saturated rings. The van der Waals surface area contributed by atoms with Crippen molar-refractivity contribution in [3.05, 3.63) is 20.8 Å². The summed E-state index contributed by atoms with van der Waals surface area (Å²) in [5.41, 5.74) is 6.28. The first-order valence-corrected chi connectivity index (χ1v) is 9.60. The summed E-state index contributed by atoms with van der Waals surface area (Å²) in [6.07, 6.45) is 0.710. The number of thioether (sulfide) groups is 1. The molecule has 1 amide bonds. The zero-order valence-corrected chi connectivity index (χ0v) is 16.1. The lowest BCUT2D eigenvalue weighted by molar-refractivity contribution is -0.117. The van der Waals surface area contributed by atoms with Crippen LogP contribution in [0.15, 0.2) is 9.95 Å². The van der Waals surface area contributed by atoms with E-state index >= 15 is 0 Å². The predicted molar refractivity (Wildman–Crippen MR) is 99.0 cm³/mol. The summed E-state index contributed by atoms with van der Waals surface area (Å²) in [5.74, 6) is -0.422. The first-order chi connectivity index (χ1) is 11.4. The Morgan fingerprint density at radius 3 is 2.79 bits per heavy atom. The fourth-order valence-electron chi connectivity index (χ4n) is 2.28. The van der Waals surface area contributed by atoms with Crippen molar-refractivity contribution in [3.8, 4) is 0 Å². The summed E-state index contributed by atoms with van der Waals surface area (Å²) in [6, 6.07) is 0. The molecule has 2 aromatic rings. The Hall–Kier alpha value is -1.38. The van der Waals surface area contributed by atoms with E-state index in [9.17, 15) is 9.59 Å². The lowest BCUT2D eigenvalue weighted by Gasteiger charge is -2.14. The molecule has 0 aliphatic rings. The van der Waals surface area contributed by atoms with Crippen molar-refractivity contribution in [1.29, 1.82) is 0 Å². The summed E-state index contributed by atoms with van der Waals surface area (Å²) < 4.78 is 7.00. The van der Waals surface area contributed by atoms with Gasteiger partial charge in [0.15, 0.2) is 5.16 Å². The molecule has 2 rings (SSSR count). The Kier molecular flexibility index (Phi) is 6.42. The van der Waals surface area contributed by atoms with Gasteiger partial charge in [0.2, 0.25) is 5.91 Å². The second kappa shape index (κ2) is 8.13. The van der Waals surface area contributed by atoms with E-state index in [1.54, 1.807) is 11.5 Å². The number of amides is 1. The van der Waals surface area contributed by atoms with Crippen molar-refractivity contribution in [2.75, 3.05) is 13.2 Å². The molecule has 132 valence electrons. The van der Waals surface area contributed by atoms with E-state index in [-0.39, 0.29) is 5.56 Å². The third-order valence-corrected chi connectivity index (χ3v) is 6.02. The molecule has 2 N–H and O–H groups in total. The predicted octanol–water partition coefficient (Wildman–Crippen LogP) is 2.47. The van der Waals surface area contributed by atoms with Crippen LogP contribution in [0.1, 0.15) is 30.7 Å². The quantitative estimate of drug-likeness (QED) is 0.439. The molecular weight excluding hydrogens is 346 g/mol. The SMILES string of the molecule is CCOCCCn1c(S[C@H](C)C(N)=O)nc2sc(C)c(C)c2c1=O. The summed E-state index contributed by atoms with van der Waals surface area (Å²) >= 11 is 2.73. The van der Waals surface area contributed by atoms with E-state index in [2.05, 4.69) is 4.98 Å². The highest BCUT2D eigenvalue weighted by atomic mass is 32.2. The van der Waals surface area contributed by atoms with Gasteiger partial charge in [0, 0.05) is 24.6 Å². The van der Waals surface area contributed by atoms with Crippen molar-refractivity contribution in [3.63, 3.8) is 0 Å². The van der Waals surface area contributed by atoms with Crippen molar-refractivity contribution in [2.45, 2.75) is 51.1 Å². The zero-order valence-electron chi connectivity index (χ0n) is 14.4. The Morgan fingerprint density at radius 1 is 1.46 bits per heavy atom. The normalized spacial score (nSPS) is 12.7. The molecule has 0 unspecified atom stereocenters. The molecule has 24 heavy (non-hydrogen) atoms. The number of carbonyl (C=O) groups is 1. The third-order valence-electron chi connectivity index (χ3n) is 3.81. The maximum atomic E-state index is 13.0. The Bertz CT molecular complexity index is 798. The minimum atomic E-state index is -0.449. The van der Waals surface area contributed by atoms with Gasteiger partial charge in [-0.15, -0.1) is 11.3 Å². The minimum Gasteiger partial charge on any atom is -0.382 e. The van der Waals surface area contributed by atoms with E-state index in [0.29, 0.717) is 36.7 Å². The second-order valence-corrected chi connectivity index (χ2v) is 8.04. The molecule has 0 aliphatic carbocycles. The molecule has 2 aromatic heterocycles. The maximum Gasteiger partial charge on any atom is 0.263 e. The number of primary amides is 1. The van der Waals surface area contributed by atoms with Crippen LogP contribution in [-0.4, -0.2) is 33.9 Å². The molecule has 0 spiro atoms. The Labute approximate surface area is 149 Å². The number of fused-ring (bicyclic) bond motifs is 1. The number of aryl methyl sites for hydroxylation is 2. The van der Waals surface area contributed by atoms with Gasteiger partial charge in [-0.25, -0.2) is 4.98 Å². The molecule has 8 heteroatoms. The van der Waals surface area contributed by atoms with Gasteiger partial charge in [0.25, 0.3) is 5.56 Å². The number of hydrogen-bond acceptors (Lipinski definition) is 6. The van der Waals surface area contributed by atoms with E-state index < -0.39 is 11.2 Å². The molecule has 0 saturated heterocycles. The van der Waals surface area contributed by atoms with Gasteiger partial charge in [-0.2, -0.15) is 0 Å². The second-order valence-electron chi connectivity index (χ2n) is 5.53. The number of nitrogens with two attached hydrogens (primary N) is 1. The van der Waals surface area contributed by atoms with Crippen molar-refractivity contribution < 1.29 is 9.53 Å². The number of hydrogen-bond donors (Lipinski definition) is 1. The van der Waals surface area contributed by atoms with Gasteiger partial charge in [-0.05, 0) is 39.7 Å². The van der Waals surface area contributed by atoms with Crippen LogP contribution >= 0.6 is 23.1 Å². The van der Waals surface area contributed by atoms with Crippen LogP contribution in [0.3, 0.4) is 0 Å². The van der Waals surface area contributed by atoms with Crippen LogP contribution in [0.5, 0.6) is 0 Å². The molecule has 0 aliphatic heterocycles. The molecule has 0 saturated carbocycles. The number of ether oxygens (including phenoxy) is 1. The highest BCUT2D eigenvalue weighted by molar-refractivity contribution is 8.00. The van der Waals surface area contributed by atoms with Crippen LogP contribution in [-0.2, 0) is 16.1 Å². The lowest BCUT2D eigenvalue weighted by Crippen LogP contribution is -2.27. The van der Waals surface area contributed by atoms with Crippen LogP contribution in [0.25, 0.3) is 10.2 Å². The standard InChI is InChI=1S/C16H23N3O3S2/c1-5-22-8-6-7-19-15(21)12-9(2)10(3)23-14(12)18-16(19)24-11(4)13(17)20/h11H,5-8H2,1-4H3,(H2,17,20)/t11-/m1/s1. The van der Waals surface area contributed by atoms with Crippen LogP contribution in [0.2, 0.25) is 0 Å². The van der Waals surface area contributed by atoms with Crippen molar-refractivity contribution in [2.24, 2.45) is 5.73 Å². The van der Waals surface area contributed by atoms with Crippen LogP contribution in [0.4, 0.5) is 0 Å². The summed E-state index contributed by atoms with van der Waals surface area (Å²) in [5, 5.41) is 0.760. The topological polar surface area (TPSA) is 87.2 Å². The molecular formula is C16H23N3O3S2. The average molecular weight is 370 g/mol. The van der Waals surface area contributed by atoms with E-state index in [1.165, 1.54) is 23.1 Å². The van der Waals surface area contributed by atoms with Crippen LogP contribution < -0.4 is 11.3 Å². The Morgan fingerprint density at radius 2 is 2.17 bits per heavy atom. The van der Waals surface area contributed by atoms with E-state index in [4.69, 9.17) is 10.5 Å². The van der Waals surface area contributed by atoms with Gasteiger partial charge < -0.3 is 10.5 Å². The van der Waals surface area contributed by atoms with Gasteiger partial charge in [0.05, 0.1) is 10.6 Å². The average Bonchev–Trinajstić information content (AvgIpc) is 2.80. The number of nitrogens with zero attached hydrogens (tertiary/aromatic N) is 2. The molecule has 2 heterocycles. The largest absolute Gasteiger partial charge is 0.382 e. The monoisotopic (exact) mass is 369 g/mol. The fraction of sp³-hybridized carbons (Fsp3) is 0.562. The summed E-state index contributed by atoms with van der Waals surface area (Å²) in [6.45, 7) is 9.32. The van der Waals surface area contributed by atoms with E-state index in [1.807, 2.05) is 20.8 Å². The Balaban J connectivity index is 2.47. The first kappa shape index (κ1) is 19.0. The molecule has 0 aromatic carbocycles. The van der Waals surface area contributed by atoms with Gasteiger partial charge in [-0.1, -0.05) is 11.8 Å². The first-order valence-electron chi connectivity index (χ1n) is 7.91. The molecule has 1 atom stereocenters. The highest BCUT2D eigenvalue weighted by Gasteiger charge is 2.20. The highest BCUT2D eigenvalue weighted by Crippen LogP contribution is 2.29. The van der Waals surface area contributed by atoms with Crippen molar-refractivity contribution in [1.82, 2.24) is 9.55 Å². The third kappa shape index (κ3) is 3.99. The number of thiophene rings is 1. The zero-order chi connectivity index (χ0) is 17.9.